The number of carbonyl (C=O) groups excluding carboxylic acids is 1. The molecule has 5 rings (SSSR count). The lowest BCUT2D eigenvalue weighted by molar-refractivity contribution is 0.108. The van der Waals surface area contributed by atoms with E-state index in [1.165, 1.54) is 6.92 Å². The van der Waals surface area contributed by atoms with Crippen LogP contribution in [0.3, 0.4) is 0 Å². The van der Waals surface area contributed by atoms with Crippen LogP contribution in [0.25, 0.3) is 22.2 Å². The predicted octanol–water partition coefficient (Wildman–Crippen LogP) is 7.12. The Hall–Kier alpha value is -3.81. The molecule has 0 bridgehead atoms. The molecule has 0 radical (unpaired) electrons. The van der Waals surface area contributed by atoms with Crippen molar-refractivity contribution >= 4 is 34.5 Å². The van der Waals surface area contributed by atoms with Crippen molar-refractivity contribution in [3.63, 3.8) is 0 Å². The van der Waals surface area contributed by atoms with E-state index >= 15 is 0 Å². The molecule has 2 aliphatic rings. The highest BCUT2D eigenvalue weighted by atomic mass is 16.6. The van der Waals surface area contributed by atoms with Gasteiger partial charge in [-0.15, -0.1) is 0 Å². The van der Waals surface area contributed by atoms with E-state index in [1.54, 1.807) is 0 Å². The molecule has 2 saturated carbocycles. The van der Waals surface area contributed by atoms with E-state index in [9.17, 15) is 4.79 Å². The second-order valence-corrected chi connectivity index (χ2v) is 9.93. The Morgan fingerprint density at radius 2 is 1.84 bits per heavy atom. The number of ether oxygens (including phenoxy) is 3. The molecule has 0 aliphatic heterocycles. The second-order valence-electron chi connectivity index (χ2n) is 9.93. The van der Waals surface area contributed by atoms with Crippen molar-refractivity contribution in [1.29, 1.82) is 10.8 Å². The minimum atomic E-state index is -0.448. The molecule has 3 N–H and O–H groups in total. The van der Waals surface area contributed by atoms with Crippen molar-refractivity contribution in [3.8, 4) is 17.0 Å². The van der Waals surface area contributed by atoms with Crippen LogP contribution in [0.5, 0.6) is 5.75 Å². The van der Waals surface area contributed by atoms with E-state index in [-0.39, 0.29) is 17.9 Å². The molecule has 2 aromatic carbocycles. The van der Waals surface area contributed by atoms with Crippen molar-refractivity contribution in [1.82, 2.24) is 4.57 Å². The quantitative estimate of drug-likeness (QED) is 0.225. The van der Waals surface area contributed by atoms with E-state index in [0.717, 1.165) is 60.0 Å². The highest BCUT2D eigenvalue weighted by Gasteiger charge is 2.31. The maximum Gasteiger partial charge on any atom is 0.411 e. The Labute approximate surface area is 216 Å². The Kier molecular flexibility index (Phi) is 6.91. The molecule has 2 aliphatic carbocycles. The first-order valence-electron chi connectivity index (χ1n) is 13.1. The smallest absolute Gasteiger partial charge is 0.411 e. The van der Waals surface area contributed by atoms with Gasteiger partial charge in [0.1, 0.15) is 11.9 Å². The average molecular weight is 503 g/mol. The van der Waals surface area contributed by atoms with Crippen LogP contribution in [0.15, 0.2) is 42.5 Å². The van der Waals surface area contributed by atoms with Gasteiger partial charge in [0.15, 0.2) is 5.90 Å². The van der Waals surface area contributed by atoms with Gasteiger partial charge in [-0.3, -0.25) is 16.1 Å². The van der Waals surface area contributed by atoms with Gasteiger partial charge in [0.2, 0.25) is 5.90 Å². The van der Waals surface area contributed by atoms with Crippen molar-refractivity contribution in [2.24, 2.45) is 5.92 Å². The molecular formula is C29H34N4O4. The Morgan fingerprint density at radius 3 is 2.43 bits per heavy atom. The van der Waals surface area contributed by atoms with Gasteiger partial charge < -0.3 is 18.8 Å². The number of hydrogen-bond donors (Lipinski definition) is 3. The molecule has 0 spiro atoms. The summed E-state index contributed by atoms with van der Waals surface area (Å²) in [5.41, 5.74) is 4.05. The summed E-state index contributed by atoms with van der Waals surface area (Å²) in [4.78, 5) is 12.3. The van der Waals surface area contributed by atoms with E-state index in [2.05, 4.69) is 9.88 Å². The number of nitrogens with zero attached hydrogens (tertiary/aromatic N) is 1. The van der Waals surface area contributed by atoms with E-state index in [0.29, 0.717) is 29.8 Å². The molecule has 1 heterocycles. The summed E-state index contributed by atoms with van der Waals surface area (Å²) in [6, 6.07) is 13.8. The number of fused-ring (bicyclic) bond motifs is 1. The number of hydrogen-bond acceptors (Lipinski definition) is 6. The van der Waals surface area contributed by atoms with Gasteiger partial charge in [0, 0.05) is 30.1 Å². The second kappa shape index (κ2) is 10.3. The lowest BCUT2D eigenvalue weighted by Gasteiger charge is -2.30. The first-order chi connectivity index (χ1) is 17.9. The number of nitrogens with one attached hydrogen (secondary N) is 3. The van der Waals surface area contributed by atoms with Gasteiger partial charge in [-0.1, -0.05) is 12.1 Å². The summed E-state index contributed by atoms with van der Waals surface area (Å²) in [7, 11) is 0. The predicted molar refractivity (Wildman–Crippen MR) is 145 cm³/mol. The van der Waals surface area contributed by atoms with Crippen LogP contribution in [0.4, 0.5) is 10.5 Å². The number of aromatic nitrogens is 1. The van der Waals surface area contributed by atoms with Crippen LogP contribution < -0.4 is 10.1 Å². The normalized spacial score (nSPS) is 16.1. The van der Waals surface area contributed by atoms with Gasteiger partial charge >= 0.3 is 6.09 Å². The molecule has 2 fully saturated rings. The van der Waals surface area contributed by atoms with Crippen molar-refractivity contribution in [2.45, 2.75) is 65.0 Å². The highest BCUT2D eigenvalue weighted by Crippen LogP contribution is 2.44. The third-order valence-corrected chi connectivity index (χ3v) is 7.19. The van der Waals surface area contributed by atoms with Crippen LogP contribution in [0.2, 0.25) is 0 Å². The Bertz CT molecular complexity index is 1340. The van der Waals surface area contributed by atoms with Crippen molar-refractivity contribution < 1.29 is 19.0 Å². The number of amides is 1. The highest BCUT2D eigenvalue weighted by molar-refractivity contribution is 6.14. The number of rotatable bonds is 8. The summed E-state index contributed by atoms with van der Waals surface area (Å²) in [6.45, 7) is 5.99. The van der Waals surface area contributed by atoms with Crippen LogP contribution in [0.1, 0.15) is 64.5 Å². The first-order valence-corrected chi connectivity index (χ1v) is 13.1. The minimum absolute atomic E-state index is 0.0371. The summed E-state index contributed by atoms with van der Waals surface area (Å²) < 4.78 is 19.1. The van der Waals surface area contributed by atoms with E-state index in [4.69, 9.17) is 25.0 Å². The zero-order chi connectivity index (χ0) is 26.1. The molecule has 1 aromatic heterocycles. The topological polar surface area (TPSA) is 109 Å². The van der Waals surface area contributed by atoms with Gasteiger partial charge in [0.25, 0.3) is 0 Å². The summed E-state index contributed by atoms with van der Waals surface area (Å²) in [6.07, 6.45) is 4.96. The summed E-state index contributed by atoms with van der Waals surface area (Å²) in [5, 5.41) is 20.3. The summed E-state index contributed by atoms with van der Waals surface area (Å²) >= 11 is 0. The molecule has 37 heavy (non-hydrogen) atoms. The fraction of sp³-hybridized carbons (Fsp3) is 0.414. The van der Waals surface area contributed by atoms with Crippen LogP contribution in [0, 0.1) is 16.7 Å². The standard InChI is InChI=1S/C29H34N4O4/c1-4-35-23-14-15-24-25(16-23)33(22-6-5-7-22)27(26(24)28(31)37-18(3)30)20-10-12-21(13-11-20)32-29(34)36-17(2)19-8-9-19/h10-17,19,22,30-31H,4-9H2,1-3H3,(H,32,34). The fourth-order valence-corrected chi connectivity index (χ4v) is 4.98. The monoisotopic (exact) mass is 502 g/mol. The maximum absolute atomic E-state index is 12.3. The number of carbonyl (C=O) groups is 1. The summed E-state index contributed by atoms with van der Waals surface area (Å²) in [5.74, 6) is 1.16. The van der Waals surface area contributed by atoms with Gasteiger partial charge in [0.05, 0.1) is 23.4 Å². The van der Waals surface area contributed by atoms with Crippen molar-refractivity contribution in [3.05, 3.63) is 48.0 Å². The third-order valence-electron chi connectivity index (χ3n) is 7.19. The lowest BCUT2D eigenvalue weighted by Crippen LogP contribution is -2.21. The van der Waals surface area contributed by atoms with Gasteiger partial charge in [-0.2, -0.15) is 0 Å². The largest absolute Gasteiger partial charge is 0.494 e. The zero-order valence-corrected chi connectivity index (χ0v) is 21.6. The minimum Gasteiger partial charge on any atom is -0.494 e. The van der Waals surface area contributed by atoms with Crippen molar-refractivity contribution in [2.75, 3.05) is 11.9 Å². The average Bonchev–Trinajstić information content (AvgIpc) is 3.62. The molecular weight excluding hydrogens is 468 g/mol. The zero-order valence-electron chi connectivity index (χ0n) is 21.6. The van der Waals surface area contributed by atoms with Crippen LogP contribution >= 0.6 is 0 Å². The Morgan fingerprint density at radius 1 is 1.11 bits per heavy atom. The van der Waals surface area contributed by atoms with Crippen LogP contribution in [-0.4, -0.2) is 35.2 Å². The molecule has 194 valence electrons. The molecule has 1 unspecified atom stereocenters. The van der Waals surface area contributed by atoms with E-state index in [1.807, 2.05) is 56.3 Å². The molecule has 1 atom stereocenters. The molecule has 3 aromatic rings. The Balaban J connectivity index is 1.55. The third kappa shape index (κ3) is 5.19. The maximum atomic E-state index is 12.3. The number of benzene rings is 2. The molecule has 8 heteroatoms. The fourth-order valence-electron chi connectivity index (χ4n) is 4.98. The molecule has 1 amide bonds. The molecule has 0 saturated heterocycles. The first kappa shape index (κ1) is 24.9. The van der Waals surface area contributed by atoms with E-state index < -0.39 is 6.09 Å². The molecule has 8 nitrogen and oxygen atoms in total. The number of anilines is 1. The lowest BCUT2D eigenvalue weighted by atomic mass is 9.92. The SMILES string of the molecule is CCOc1ccc2c(C(=N)OC(C)=N)c(-c3ccc(NC(=O)OC(C)C4CC4)cc3)n(C3CCC3)c2c1. The van der Waals surface area contributed by atoms with Crippen LogP contribution in [-0.2, 0) is 9.47 Å². The van der Waals surface area contributed by atoms with Gasteiger partial charge in [-0.25, -0.2) is 4.79 Å². The van der Waals surface area contributed by atoms with Gasteiger partial charge in [-0.05, 0) is 81.7 Å².